The molecule has 186 valence electrons. The molecule has 13 heteroatoms. The van der Waals surface area contributed by atoms with Crippen LogP contribution in [0.5, 0.6) is 11.6 Å². The third-order valence-electron chi connectivity index (χ3n) is 4.50. The normalized spacial score (nSPS) is 12.2. The van der Waals surface area contributed by atoms with E-state index in [1.54, 1.807) is 43.4 Å². The fraction of sp³-hybridized carbons (Fsp3) is 0.182. The van der Waals surface area contributed by atoms with Crippen molar-refractivity contribution in [1.29, 1.82) is 0 Å². The Bertz CT molecular complexity index is 1220. The quantitative estimate of drug-likeness (QED) is 0.358. The fourth-order valence-corrected chi connectivity index (χ4v) is 3.67. The molecule has 0 spiro atoms. The summed E-state index contributed by atoms with van der Waals surface area (Å²) < 4.78 is 54.0. The van der Waals surface area contributed by atoms with Gasteiger partial charge < -0.3 is 20.5 Å². The average Bonchev–Trinajstić information content (AvgIpc) is 3.27. The molecule has 0 aliphatic rings. The number of hydrogen-bond acceptors (Lipinski definition) is 7. The number of carbonyl (C=O) groups excluding carboxylic acids is 1. The Hall–Kier alpha value is -3.35. The van der Waals surface area contributed by atoms with Crippen molar-refractivity contribution in [2.45, 2.75) is 6.18 Å². The van der Waals surface area contributed by atoms with Gasteiger partial charge >= 0.3 is 6.18 Å². The van der Waals surface area contributed by atoms with Gasteiger partial charge in [-0.2, -0.15) is 23.0 Å². The highest BCUT2D eigenvalue weighted by atomic mass is 35.5. The second-order valence-corrected chi connectivity index (χ2v) is 8.27. The number of amides is 1. The van der Waals surface area contributed by atoms with E-state index in [2.05, 4.69) is 15.1 Å². The lowest BCUT2D eigenvalue weighted by Crippen LogP contribution is -2.30. The van der Waals surface area contributed by atoms with E-state index in [1.165, 1.54) is 19.2 Å². The van der Waals surface area contributed by atoms with Crippen LogP contribution in [0.2, 0.25) is 5.02 Å². The molecule has 0 unspecified atom stereocenters. The number of nitrogens with one attached hydrogen (secondary N) is 2. The summed E-state index contributed by atoms with van der Waals surface area (Å²) in [5.74, 6) is -0.328. The van der Waals surface area contributed by atoms with Crippen molar-refractivity contribution >= 4 is 35.2 Å². The SMILES string of the molecule is CNS/C(NC(=O)COc1cc(C(F)(F)F)nn1-c1ccccc1Cl)=C(\N)c1ccc(OC)cc1. The standard InChI is InChI=1S/C22H21ClF3N5O3S/c1-28-35-21(20(27)13-7-9-14(33-2)10-8-13)29-18(32)12-34-19-11-17(22(24,25)26)30-31(19)16-6-4-3-5-15(16)23/h3-11,28H,12,27H2,1-2H3,(H,29,32)/b21-20-. The van der Waals surface area contributed by atoms with E-state index in [0.29, 0.717) is 17.4 Å². The van der Waals surface area contributed by atoms with Crippen LogP contribution in [0.15, 0.2) is 59.6 Å². The van der Waals surface area contributed by atoms with Crippen molar-refractivity contribution in [3.63, 3.8) is 0 Å². The zero-order valence-corrected chi connectivity index (χ0v) is 20.1. The van der Waals surface area contributed by atoms with Gasteiger partial charge in [-0.3, -0.25) is 9.52 Å². The summed E-state index contributed by atoms with van der Waals surface area (Å²) in [4.78, 5) is 12.6. The van der Waals surface area contributed by atoms with E-state index in [9.17, 15) is 18.0 Å². The van der Waals surface area contributed by atoms with Crippen LogP contribution >= 0.6 is 23.5 Å². The highest BCUT2D eigenvalue weighted by Crippen LogP contribution is 2.33. The molecule has 1 aromatic heterocycles. The first-order valence-electron chi connectivity index (χ1n) is 9.96. The van der Waals surface area contributed by atoms with Gasteiger partial charge in [0.1, 0.15) is 10.8 Å². The van der Waals surface area contributed by atoms with Crippen LogP contribution in [0.1, 0.15) is 11.3 Å². The highest BCUT2D eigenvalue weighted by Gasteiger charge is 2.36. The van der Waals surface area contributed by atoms with Crippen LogP contribution < -0.4 is 25.2 Å². The first-order chi connectivity index (χ1) is 16.6. The Morgan fingerprint density at radius 3 is 2.49 bits per heavy atom. The Kier molecular flexibility index (Phi) is 8.54. The molecular formula is C22H21ClF3N5O3S. The third-order valence-corrected chi connectivity index (χ3v) is 5.55. The minimum Gasteiger partial charge on any atom is -0.497 e. The number of nitrogens with zero attached hydrogens (tertiary/aromatic N) is 2. The number of aromatic nitrogens is 2. The van der Waals surface area contributed by atoms with Crippen LogP contribution in [-0.2, 0) is 11.0 Å². The van der Waals surface area contributed by atoms with Gasteiger partial charge in [0, 0.05) is 11.6 Å². The van der Waals surface area contributed by atoms with E-state index in [4.69, 9.17) is 26.8 Å². The summed E-state index contributed by atoms with van der Waals surface area (Å²) in [6, 6.07) is 13.7. The van der Waals surface area contributed by atoms with Crippen molar-refractivity contribution in [2.75, 3.05) is 20.8 Å². The number of nitrogens with two attached hydrogens (primary N) is 1. The van der Waals surface area contributed by atoms with Gasteiger partial charge in [0.15, 0.2) is 12.3 Å². The van der Waals surface area contributed by atoms with E-state index in [0.717, 1.165) is 16.6 Å². The Balaban J connectivity index is 1.81. The predicted molar refractivity (Wildman–Crippen MR) is 128 cm³/mol. The summed E-state index contributed by atoms with van der Waals surface area (Å²) in [6.45, 7) is -0.614. The molecule has 0 bridgehead atoms. The molecule has 0 aliphatic heterocycles. The zero-order valence-electron chi connectivity index (χ0n) is 18.5. The van der Waals surface area contributed by atoms with Crippen LogP contribution in [0, 0.1) is 0 Å². The molecule has 4 N–H and O–H groups in total. The maximum Gasteiger partial charge on any atom is 0.435 e. The molecule has 8 nitrogen and oxygen atoms in total. The molecule has 0 atom stereocenters. The molecule has 0 saturated carbocycles. The molecular weight excluding hydrogens is 507 g/mol. The average molecular weight is 528 g/mol. The minimum absolute atomic E-state index is 0.154. The molecule has 3 rings (SSSR count). The number of methoxy groups -OCH3 is 1. The van der Waals surface area contributed by atoms with Crippen LogP contribution in [-0.4, -0.2) is 36.5 Å². The number of alkyl halides is 3. The minimum atomic E-state index is -4.72. The lowest BCUT2D eigenvalue weighted by molar-refractivity contribution is -0.141. The van der Waals surface area contributed by atoms with Gasteiger partial charge in [0.2, 0.25) is 5.88 Å². The lowest BCUT2D eigenvalue weighted by Gasteiger charge is -2.14. The van der Waals surface area contributed by atoms with Crippen molar-refractivity contribution < 1.29 is 27.4 Å². The monoisotopic (exact) mass is 527 g/mol. The number of halogens is 4. The van der Waals surface area contributed by atoms with Gasteiger partial charge in [-0.15, -0.1) is 0 Å². The Morgan fingerprint density at radius 1 is 1.20 bits per heavy atom. The predicted octanol–water partition coefficient (Wildman–Crippen LogP) is 4.20. The van der Waals surface area contributed by atoms with Gasteiger partial charge in [-0.25, -0.2) is 0 Å². The van der Waals surface area contributed by atoms with E-state index >= 15 is 0 Å². The largest absolute Gasteiger partial charge is 0.497 e. The highest BCUT2D eigenvalue weighted by molar-refractivity contribution is 8.01. The second kappa shape index (κ2) is 11.4. The fourth-order valence-electron chi connectivity index (χ4n) is 2.86. The van der Waals surface area contributed by atoms with Crippen molar-refractivity contribution in [3.05, 3.63) is 75.9 Å². The molecule has 3 aromatic rings. The molecule has 1 amide bonds. The number of carbonyl (C=O) groups is 1. The van der Waals surface area contributed by atoms with Crippen molar-refractivity contribution in [3.8, 4) is 17.3 Å². The molecule has 0 fully saturated rings. The first kappa shape index (κ1) is 26.3. The number of rotatable bonds is 9. The summed E-state index contributed by atoms with van der Waals surface area (Å²) in [7, 11) is 3.17. The topological polar surface area (TPSA) is 103 Å². The van der Waals surface area contributed by atoms with Crippen LogP contribution in [0.25, 0.3) is 11.4 Å². The maximum absolute atomic E-state index is 13.3. The van der Waals surface area contributed by atoms with Crippen molar-refractivity contribution in [2.24, 2.45) is 5.73 Å². The lowest BCUT2D eigenvalue weighted by atomic mass is 10.1. The molecule has 0 saturated heterocycles. The first-order valence-corrected chi connectivity index (χ1v) is 11.2. The number of hydrogen-bond donors (Lipinski definition) is 3. The van der Waals surface area contributed by atoms with Gasteiger partial charge in [-0.1, -0.05) is 23.7 Å². The second-order valence-electron chi connectivity index (χ2n) is 6.84. The molecule has 0 radical (unpaired) electrons. The van der Waals surface area contributed by atoms with Crippen LogP contribution in [0.3, 0.4) is 0 Å². The number of benzene rings is 2. The van der Waals surface area contributed by atoms with Gasteiger partial charge in [0.05, 0.1) is 23.5 Å². The summed E-state index contributed by atoms with van der Waals surface area (Å²) in [5, 5.41) is 6.60. The number of para-hydroxylation sites is 1. The summed E-state index contributed by atoms with van der Waals surface area (Å²) in [5.41, 5.74) is 6.07. The van der Waals surface area contributed by atoms with Gasteiger partial charge in [-0.05, 0) is 55.4 Å². The van der Waals surface area contributed by atoms with E-state index in [-0.39, 0.29) is 27.3 Å². The zero-order chi connectivity index (χ0) is 25.6. The van der Waals surface area contributed by atoms with E-state index < -0.39 is 24.4 Å². The summed E-state index contributed by atoms with van der Waals surface area (Å²) >= 11 is 7.17. The molecule has 2 aromatic carbocycles. The Labute approximate surface area is 208 Å². The number of ether oxygens (including phenoxy) is 2. The third kappa shape index (κ3) is 6.62. The summed E-state index contributed by atoms with van der Waals surface area (Å²) in [6.07, 6.45) is -4.72. The Morgan fingerprint density at radius 2 is 1.89 bits per heavy atom. The molecule has 35 heavy (non-hydrogen) atoms. The molecule has 0 aliphatic carbocycles. The van der Waals surface area contributed by atoms with Crippen LogP contribution in [0.4, 0.5) is 13.2 Å². The smallest absolute Gasteiger partial charge is 0.435 e. The van der Waals surface area contributed by atoms with Crippen molar-refractivity contribution in [1.82, 2.24) is 19.8 Å². The van der Waals surface area contributed by atoms with E-state index in [1.807, 2.05) is 0 Å². The molecule has 1 heterocycles. The maximum atomic E-state index is 13.3. The van der Waals surface area contributed by atoms with Gasteiger partial charge in [0.25, 0.3) is 5.91 Å².